The van der Waals surface area contributed by atoms with Crippen LogP contribution in [-0.4, -0.2) is 61.2 Å². The fourth-order valence-electron chi connectivity index (χ4n) is 4.57. The second kappa shape index (κ2) is 11.4. The molecule has 0 aromatic heterocycles. The summed E-state index contributed by atoms with van der Waals surface area (Å²) in [5, 5.41) is 8.17. The first kappa shape index (κ1) is 25.4. The zero-order chi connectivity index (χ0) is 25.7. The van der Waals surface area contributed by atoms with Crippen molar-refractivity contribution < 1.29 is 28.2 Å². The van der Waals surface area contributed by atoms with Gasteiger partial charge >= 0.3 is 6.03 Å². The van der Waals surface area contributed by atoms with Crippen LogP contribution in [0, 0.1) is 5.82 Å². The fraction of sp³-hybridized carbons (Fsp3) is 0.423. The summed E-state index contributed by atoms with van der Waals surface area (Å²) in [7, 11) is 1.73. The lowest BCUT2D eigenvalue weighted by Crippen LogP contribution is -2.53. The van der Waals surface area contributed by atoms with Gasteiger partial charge < -0.3 is 30.3 Å². The highest BCUT2D eigenvalue weighted by Gasteiger charge is 2.39. The minimum absolute atomic E-state index is 0.168. The first-order valence-corrected chi connectivity index (χ1v) is 12.1. The summed E-state index contributed by atoms with van der Waals surface area (Å²) in [5.41, 5.74) is 1.54. The van der Waals surface area contributed by atoms with Gasteiger partial charge in [0.1, 0.15) is 24.3 Å². The van der Waals surface area contributed by atoms with E-state index in [9.17, 15) is 18.8 Å². The topological polar surface area (TPSA) is 109 Å². The molecule has 2 aliphatic rings. The first-order chi connectivity index (χ1) is 17.3. The quantitative estimate of drug-likeness (QED) is 0.567. The Bertz CT molecular complexity index is 1130. The highest BCUT2D eigenvalue weighted by atomic mass is 19.1. The molecule has 0 radical (unpaired) electrons. The van der Waals surface area contributed by atoms with Crippen molar-refractivity contribution in [3.05, 3.63) is 59.4 Å². The summed E-state index contributed by atoms with van der Waals surface area (Å²) in [6, 6.07) is 10.5. The molecule has 2 aromatic carbocycles. The standard InChI is InChI=1S/C26H31FN4O5/c1-3-28-26(34)30-18-7-10-22-20(12-18)25(33)31(2)21-9-8-19(36-23(21)15-35-22)13-24(32)29-14-16-5-4-6-17(27)11-16/h4-7,10-12,19,21,23H,3,8-9,13-15H2,1-2H3,(H,29,32)(H2,28,30,34)/t19-,21-,23+/m1/s1. The number of ether oxygens (including phenoxy) is 2. The van der Waals surface area contributed by atoms with E-state index >= 15 is 0 Å². The normalized spacial score (nSPS) is 21.2. The summed E-state index contributed by atoms with van der Waals surface area (Å²) in [5.74, 6) is -0.349. The van der Waals surface area contributed by atoms with E-state index in [1.165, 1.54) is 12.1 Å². The van der Waals surface area contributed by atoms with Gasteiger partial charge in [-0.05, 0) is 55.7 Å². The molecule has 192 valence electrons. The van der Waals surface area contributed by atoms with Gasteiger partial charge in [-0.25, -0.2) is 9.18 Å². The van der Waals surface area contributed by atoms with Gasteiger partial charge in [0.15, 0.2) is 0 Å². The van der Waals surface area contributed by atoms with Crippen LogP contribution in [0.15, 0.2) is 42.5 Å². The second-order valence-electron chi connectivity index (χ2n) is 8.97. The zero-order valence-electron chi connectivity index (χ0n) is 20.4. The molecule has 3 atom stereocenters. The molecule has 4 amide bonds. The predicted octanol–water partition coefficient (Wildman–Crippen LogP) is 3.05. The highest BCUT2D eigenvalue weighted by Crippen LogP contribution is 2.32. The van der Waals surface area contributed by atoms with Crippen LogP contribution in [0.2, 0.25) is 0 Å². The van der Waals surface area contributed by atoms with Crippen molar-refractivity contribution >= 4 is 23.5 Å². The lowest BCUT2D eigenvalue weighted by molar-refractivity contribution is -0.134. The van der Waals surface area contributed by atoms with E-state index in [1.54, 1.807) is 42.3 Å². The number of benzene rings is 2. The van der Waals surface area contributed by atoms with Crippen molar-refractivity contribution in [1.29, 1.82) is 0 Å². The molecular formula is C26H31FN4O5. The second-order valence-corrected chi connectivity index (χ2v) is 8.97. The molecule has 36 heavy (non-hydrogen) atoms. The van der Waals surface area contributed by atoms with Gasteiger partial charge in [-0.2, -0.15) is 0 Å². The summed E-state index contributed by atoms with van der Waals surface area (Å²) in [6.07, 6.45) is 0.729. The van der Waals surface area contributed by atoms with Crippen LogP contribution >= 0.6 is 0 Å². The average Bonchev–Trinajstić information content (AvgIpc) is 2.85. The van der Waals surface area contributed by atoms with Crippen molar-refractivity contribution in [2.45, 2.75) is 51.0 Å². The molecule has 1 fully saturated rings. The van der Waals surface area contributed by atoms with E-state index in [4.69, 9.17) is 9.47 Å². The van der Waals surface area contributed by atoms with Gasteiger partial charge in [0, 0.05) is 25.8 Å². The highest BCUT2D eigenvalue weighted by molar-refractivity contribution is 5.99. The third-order valence-electron chi connectivity index (χ3n) is 6.40. The van der Waals surface area contributed by atoms with E-state index < -0.39 is 6.10 Å². The number of halogens is 1. The van der Waals surface area contributed by atoms with Crippen molar-refractivity contribution in [3.63, 3.8) is 0 Å². The van der Waals surface area contributed by atoms with Crippen LogP contribution in [0.5, 0.6) is 5.75 Å². The molecule has 0 bridgehead atoms. The van der Waals surface area contributed by atoms with E-state index in [2.05, 4.69) is 16.0 Å². The van der Waals surface area contributed by atoms with Crippen molar-refractivity contribution in [1.82, 2.24) is 15.5 Å². The number of hydrogen-bond donors (Lipinski definition) is 3. The Morgan fingerprint density at radius 2 is 1.97 bits per heavy atom. The van der Waals surface area contributed by atoms with Crippen molar-refractivity contribution in [3.8, 4) is 5.75 Å². The number of nitrogens with one attached hydrogen (secondary N) is 3. The zero-order valence-corrected chi connectivity index (χ0v) is 20.4. The van der Waals surface area contributed by atoms with Gasteiger partial charge in [0.05, 0.1) is 24.1 Å². The molecule has 0 spiro atoms. The van der Waals surface area contributed by atoms with Gasteiger partial charge in [0.25, 0.3) is 5.91 Å². The van der Waals surface area contributed by atoms with Crippen LogP contribution in [0.4, 0.5) is 14.9 Å². The summed E-state index contributed by atoms with van der Waals surface area (Å²) < 4.78 is 25.5. The SMILES string of the molecule is CCNC(=O)Nc1ccc2c(c1)C(=O)N(C)[C@@H]1CC[C@H](CC(=O)NCc3cccc(F)c3)O[C@H]1CO2. The lowest BCUT2D eigenvalue weighted by Gasteiger charge is -2.42. The third-order valence-corrected chi connectivity index (χ3v) is 6.40. The van der Waals surface area contributed by atoms with Crippen LogP contribution in [0.3, 0.4) is 0 Å². The minimum Gasteiger partial charge on any atom is -0.490 e. The van der Waals surface area contributed by atoms with Crippen LogP contribution < -0.4 is 20.7 Å². The number of nitrogens with zero attached hydrogens (tertiary/aromatic N) is 1. The Labute approximate surface area is 209 Å². The molecule has 0 saturated carbocycles. The molecule has 2 aromatic rings. The first-order valence-electron chi connectivity index (χ1n) is 12.1. The smallest absolute Gasteiger partial charge is 0.319 e. The third kappa shape index (κ3) is 6.12. The summed E-state index contributed by atoms with van der Waals surface area (Å²) in [4.78, 5) is 39.3. The van der Waals surface area contributed by atoms with E-state index in [-0.39, 0.29) is 55.4 Å². The summed E-state index contributed by atoms with van der Waals surface area (Å²) >= 11 is 0. The number of anilines is 1. The Morgan fingerprint density at radius 3 is 2.75 bits per heavy atom. The molecule has 9 nitrogen and oxygen atoms in total. The number of fused-ring (bicyclic) bond motifs is 2. The molecule has 10 heteroatoms. The molecule has 0 aliphatic carbocycles. The van der Waals surface area contributed by atoms with Crippen LogP contribution in [0.1, 0.15) is 42.1 Å². The molecule has 2 aliphatic heterocycles. The Balaban J connectivity index is 1.37. The van der Waals surface area contributed by atoms with Gasteiger partial charge in [0.2, 0.25) is 5.91 Å². The number of carbonyl (C=O) groups excluding carboxylic acids is 3. The Kier molecular flexibility index (Phi) is 8.04. The number of carbonyl (C=O) groups is 3. The summed E-state index contributed by atoms with van der Waals surface area (Å²) in [6.45, 7) is 2.77. The number of hydrogen-bond acceptors (Lipinski definition) is 5. The van der Waals surface area contributed by atoms with E-state index in [0.29, 0.717) is 42.0 Å². The monoisotopic (exact) mass is 498 g/mol. The maximum absolute atomic E-state index is 13.3. The predicted molar refractivity (Wildman–Crippen MR) is 131 cm³/mol. The molecule has 3 N–H and O–H groups in total. The number of amides is 4. The van der Waals surface area contributed by atoms with Gasteiger partial charge in [-0.1, -0.05) is 12.1 Å². The lowest BCUT2D eigenvalue weighted by atomic mass is 9.94. The van der Waals surface area contributed by atoms with Gasteiger partial charge in [-0.15, -0.1) is 0 Å². The maximum Gasteiger partial charge on any atom is 0.319 e. The minimum atomic E-state index is -0.394. The molecule has 1 saturated heterocycles. The Hall–Kier alpha value is -3.66. The fourth-order valence-corrected chi connectivity index (χ4v) is 4.57. The molecule has 2 heterocycles. The molecule has 4 rings (SSSR count). The largest absolute Gasteiger partial charge is 0.490 e. The number of urea groups is 1. The van der Waals surface area contributed by atoms with Crippen molar-refractivity contribution in [2.75, 3.05) is 25.5 Å². The van der Waals surface area contributed by atoms with Crippen molar-refractivity contribution in [2.24, 2.45) is 0 Å². The number of rotatable bonds is 6. The Morgan fingerprint density at radius 1 is 1.14 bits per heavy atom. The molecule has 0 unspecified atom stereocenters. The van der Waals surface area contributed by atoms with Crippen LogP contribution in [0.25, 0.3) is 0 Å². The van der Waals surface area contributed by atoms with Crippen LogP contribution in [-0.2, 0) is 16.1 Å². The maximum atomic E-state index is 13.3. The van der Waals surface area contributed by atoms with E-state index in [0.717, 1.165) is 0 Å². The number of likely N-dealkylation sites (N-methyl/N-ethyl adjacent to an activating group) is 1. The van der Waals surface area contributed by atoms with Gasteiger partial charge in [-0.3, -0.25) is 9.59 Å². The van der Waals surface area contributed by atoms with E-state index in [1.807, 2.05) is 6.92 Å². The molecular weight excluding hydrogens is 467 g/mol. The average molecular weight is 499 g/mol.